The SMILES string of the molecule is Cc1cnn(CC(=O)NC[C@]2(O)CCCN(c3cnccn3)C2)c1. The van der Waals surface area contributed by atoms with Crippen molar-refractivity contribution in [1.82, 2.24) is 25.1 Å². The lowest BCUT2D eigenvalue weighted by Crippen LogP contribution is -2.54. The Morgan fingerprint density at radius 1 is 1.42 bits per heavy atom. The third-order valence-electron chi connectivity index (χ3n) is 4.11. The maximum atomic E-state index is 12.0. The number of rotatable bonds is 5. The van der Waals surface area contributed by atoms with E-state index in [1.807, 2.05) is 18.0 Å². The van der Waals surface area contributed by atoms with E-state index >= 15 is 0 Å². The van der Waals surface area contributed by atoms with Crippen LogP contribution in [0.15, 0.2) is 31.0 Å². The van der Waals surface area contributed by atoms with Crippen LogP contribution in [0, 0.1) is 6.92 Å². The molecule has 1 fully saturated rings. The van der Waals surface area contributed by atoms with Crippen LogP contribution >= 0.6 is 0 Å². The molecule has 1 saturated heterocycles. The van der Waals surface area contributed by atoms with Crippen LogP contribution in [-0.4, -0.2) is 56.0 Å². The van der Waals surface area contributed by atoms with Crippen LogP contribution in [0.1, 0.15) is 18.4 Å². The van der Waals surface area contributed by atoms with E-state index in [0.29, 0.717) is 13.0 Å². The van der Waals surface area contributed by atoms with Crippen molar-refractivity contribution in [3.05, 3.63) is 36.5 Å². The molecule has 1 aliphatic rings. The Balaban J connectivity index is 1.54. The number of carbonyl (C=O) groups excluding carboxylic acids is 1. The monoisotopic (exact) mass is 330 g/mol. The molecule has 1 atom stereocenters. The first kappa shape index (κ1) is 16.4. The highest BCUT2D eigenvalue weighted by molar-refractivity contribution is 5.75. The molecule has 2 N–H and O–H groups in total. The van der Waals surface area contributed by atoms with Crippen LogP contribution in [0.2, 0.25) is 0 Å². The number of aryl methyl sites for hydroxylation is 1. The van der Waals surface area contributed by atoms with Gasteiger partial charge in [-0.05, 0) is 25.3 Å². The van der Waals surface area contributed by atoms with Crippen LogP contribution in [-0.2, 0) is 11.3 Å². The van der Waals surface area contributed by atoms with Gasteiger partial charge < -0.3 is 15.3 Å². The third kappa shape index (κ3) is 4.08. The van der Waals surface area contributed by atoms with Crippen molar-refractivity contribution in [1.29, 1.82) is 0 Å². The molecule has 3 rings (SSSR count). The lowest BCUT2D eigenvalue weighted by molar-refractivity contribution is -0.123. The summed E-state index contributed by atoms with van der Waals surface area (Å²) >= 11 is 0. The van der Waals surface area contributed by atoms with Gasteiger partial charge in [-0.1, -0.05) is 0 Å². The number of hydrogen-bond acceptors (Lipinski definition) is 6. The standard InChI is InChI=1S/C16H22N6O2/c1-13-7-20-22(9-13)10-15(23)19-11-16(24)3-2-6-21(12-16)14-8-17-4-5-18-14/h4-5,7-9,24H,2-3,6,10-12H2,1H3,(H,19,23)/t16-/m1/s1. The molecule has 128 valence electrons. The molecule has 0 unspecified atom stereocenters. The number of aromatic nitrogens is 4. The van der Waals surface area contributed by atoms with E-state index in [4.69, 9.17) is 0 Å². The number of carbonyl (C=O) groups is 1. The molecule has 24 heavy (non-hydrogen) atoms. The van der Waals surface area contributed by atoms with E-state index in [1.165, 1.54) is 0 Å². The van der Waals surface area contributed by atoms with Gasteiger partial charge in [0.05, 0.1) is 18.0 Å². The molecule has 0 bridgehead atoms. The maximum Gasteiger partial charge on any atom is 0.241 e. The van der Waals surface area contributed by atoms with Gasteiger partial charge >= 0.3 is 0 Å². The van der Waals surface area contributed by atoms with E-state index in [-0.39, 0.29) is 19.0 Å². The fraction of sp³-hybridized carbons (Fsp3) is 0.500. The van der Waals surface area contributed by atoms with Gasteiger partial charge in [-0.3, -0.25) is 14.5 Å². The summed E-state index contributed by atoms with van der Waals surface area (Å²) < 4.78 is 1.58. The van der Waals surface area contributed by atoms with Crippen molar-refractivity contribution < 1.29 is 9.90 Å². The molecule has 0 aromatic carbocycles. The summed E-state index contributed by atoms with van der Waals surface area (Å²) in [5, 5.41) is 17.7. The maximum absolute atomic E-state index is 12.0. The first-order valence-corrected chi connectivity index (χ1v) is 8.03. The third-order valence-corrected chi connectivity index (χ3v) is 4.11. The van der Waals surface area contributed by atoms with E-state index in [0.717, 1.165) is 24.3 Å². The zero-order valence-electron chi connectivity index (χ0n) is 13.7. The highest BCUT2D eigenvalue weighted by atomic mass is 16.3. The Bertz CT molecular complexity index is 689. The Hall–Kier alpha value is -2.48. The molecule has 0 saturated carbocycles. The summed E-state index contributed by atoms with van der Waals surface area (Å²) in [6.07, 6.45) is 9.94. The van der Waals surface area contributed by atoms with Gasteiger partial charge in [-0.2, -0.15) is 5.10 Å². The average Bonchev–Trinajstić information content (AvgIpc) is 2.99. The molecular formula is C16H22N6O2. The fourth-order valence-electron chi connectivity index (χ4n) is 2.93. The Morgan fingerprint density at radius 2 is 2.29 bits per heavy atom. The molecule has 3 heterocycles. The normalized spacial score (nSPS) is 20.8. The van der Waals surface area contributed by atoms with Crippen LogP contribution in [0.3, 0.4) is 0 Å². The lowest BCUT2D eigenvalue weighted by Gasteiger charge is -2.39. The molecule has 2 aromatic rings. The van der Waals surface area contributed by atoms with Crippen LogP contribution < -0.4 is 10.2 Å². The molecule has 0 aliphatic carbocycles. The summed E-state index contributed by atoms with van der Waals surface area (Å²) in [5.74, 6) is 0.581. The number of nitrogens with one attached hydrogen (secondary N) is 1. The van der Waals surface area contributed by atoms with Gasteiger partial charge in [0.2, 0.25) is 5.91 Å². The molecule has 0 radical (unpaired) electrons. The molecule has 8 nitrogen and oxygen atoms in total. The van der Waals surface area contributed by atoms with Gasteiger partial charge in [0.1, 0.15) is 12.4 Å². The van der Waals surface area contributed by atoms with Gasteiger partial charge in [0, 0.05) is 38.2 Å². The second-order valence-corrected chi connectivity index (χ2v) is 6.31. The van der Waals surface area contributed by atoms with Crippen LogP contribution in [0.4, 0.5) is 5.82 Å². The van der Waals surface area contributed by atoms with Crippen LogP contribution in [0.25, 0.3) is 0 Å². The number of anilines is 1. The molecular weight excluding hydrogens is 308 g/mol. The molecule has 1 amide bonds. The number of hydrogen-bond donors (Lipinski definition) is 2. The zero-order chi connectivity index (χ0) is 17.0. The summed E-state index contributed by atoms with van der Waals surface area (Å²) in [7, 11) is 0. The number of amides is 1. The highest BCUT2D eigenvalue weighted by Gasteiger charge is 2.34. The van der Waals surface area contributed by atoms with Crippen molar-refractivity contribution in [2.24, 2.45) is 0 Å². The minimum absolute atomic E-state index is 0.151. The minimum atomic E-state index is -0.967. The van der Waals surface area contributed by atoms with Crippen molar-refractivity contribution in [3.8, 4) is 0 Å². The summed E-state index contributed by atoms with van der Waals surface area (Å²) in [5.41, 5.74) is 0.0409. The van der Waals surface area contributed by atoms with E-state index in [1.54, 1.807) is 29.5 Å². The lowest BCUT2D eigenvalue weighted by atomic mass is 9.92. The predicted molar refractivity (Wildman–Crippen MR) is 88.4 cm³/mol. The summed E-state index contributed by atoms with van der Waals surface area (Å²) in [6.45, 7) is 3.53. The topological polar surface area (TPSA) is 96.2 Å². The smallest absolute Gasteiger partial charge is 0.241 e. The first-order chi connectivity index (χ1) is 11.5. The van der Waals surface area contributed by atoms with E-state index in [2.05, 4.69) is 20.4 Å². The largest absolute Gasteiger partial charge is 0.386 e. The predicted octanol–water partition coefficient (Wildman–Crippen LogP) is 0.129. The second kappa shape index (κ2) is 6.96. The number of aliphatic hydroxyl groups is 1. The van der Waals surface area contributed by atoms with E-state index < -0.39 is 5.60 Å². The number of piperidine rings is 1. The zero-order valence-corrected chi connectivity index (χ0v) is 13.7. The van der Waals surface area contributed by atoms with Gasteiger partial charge in [0.25, 0.3) is 0 Å². The van der Waals surface area contributed by atoms with Crippen LogP contribution in [0.5, 0.6) is 0 Å². The van der Waals surface area contributed by atoms with E-state index in [9.17, 15) is 9.90 Å². The quantitative estimate of drug-likeness (QED) is 0.809. The molecule has 1 aliphatic heterocycles. The minimum Gasteiger partial charge on any atom is -0.386 e. The number of nitrogens with zero attached hydrogens (tertiary/aromatic N) is 5. The van der Waals surface area contributed by atoms with Crippen molar-refractivity contribution in [2.45, 2.75) is 31.9 Å². The van der Waals surface area contributed by atoms with Crippen molar-refractivity contribution >= 4 is 11.7 Å². The second-order valence-electron chi connectivity index (χ2n) is 6.31. The van der Waals surface area contributed by atoms with Crippen molar-refractivity contribution in [3.63, 3.8) is 0 Å². The number of β-amino-alcohol motifs (C(OH)–C–C–N with tert-alkyl or cyclic N) is 1. The summed E-state index contributed by atoms with van der Waals surface area (Å²) in [6, 6.07) is 0. The molecule has 2 aromatic heterocycles. The molecule has 8 heteroatoms. The highest BCUT2D eigenvalue weighted by Crippen LogP contribution is 2.23. The van der Waals surface area contributed by atoms with Gasteiger partial charge in [-0.15, -0.1) is 0 Å². The Labute approximate surface area is 140 Å². The summed E-state index contributed by atoms with van der Waals surface area (Å²) in [4.78, 5) is 22.4. The van der Waals surface area contributed by atoms with Gasteiger partial charge in [0.15, 0.2) is 0 Å². The Morgan fingerprint density at radius 3 is 3.00 bits per heavy atom. The Kier molecular flexibility index (Phi) is 4.75. The molecule has 0 spiro atoms. The average molecular weight is 330 g/mol. The van der Waals surface area contributed by atoms with Gasteiger partial charge in [-0.25, -0.2) is 4.98 Å². The van der Waals surface area contributed by atoms with Crippen molar-refractivity contribution in [2.75, 3.05) is 24.5 Å². The fourth-order valence-corrected chi connectivity index (χ4v) is 2.93. The first-order valence-electron chi connectivity index (χ1n) is 8.03.